The van der Waals surface area contributed by atoms with Gasteiger partial charge in [-0.15, -0.1) is 0 Å². The minimum atomic E-state index is -4.55. The Hall–Kier alpha value is -1.41. The van der Waals surface area contributed by atoms with Gasteiger partial charge in [-0.1, -0.05) is 12.2 Å². The van der Waals surface area contributed by atoms with Crippen molar-refractivity contribution in [2.24, 2.45) is 5.73 Å². The van der Waals surface area contributed by atoms with Gasteiger partial charge >= 0.3 is 6.18 Å². The van der Waals surface area contributed by atoms with Gasteiger partial charge in [0.15, 0.2) is 0 Å². The summed E-state index contributed by atoms with van der Waals surface area (Å²) >= 11 is 4.75. The first-order valence-electron chi connectivity index (χ1n) is 5.84. The van der Waals surface area contributed by atoms with Crippen molar-refractivity contribution in [1.82, 2.24) is 4.98 Å². The lowest BCUT2D eigenvalue weighted by atomic mass is 10.2. The van der Waals surface area contributed by atoms with E-state index in [0.29, 0.717) is 0 Å². The van der Waals surface area contributed by atoms with E-state index in [0.717, 1.165) is 12.1 Å². The van der Waals surface area contributed by atoms with E-state index < -0.39 is 11.9 Å². The summed E-state index contributed by atoms with van der Waals surface area (Å²) in [6.45, 7) is 3.96. The molecule has 0 aliphatic carbocycles. The average Bonchev–Trinajstić information content (AvgIpc) is 2.32. The van der Waals surface area contributed by atoms with E-state index in [9.17, 15) is 13.2 Å². The normalized spacial score (nSPS) is 11.7. The molecular formula is C12H15F3N2O2S. The van der Waals surface area contributed by atoms with Crippen LogP contribution < -0.4 is 10.5 Å². The first-order valence-corrected chi connectivity index (χ1v) is 6.25. The molecule has 0 amide bonds. The lowest BCUT2D eigenvalue weighted by Crippen LogP contribution is -2.18. The third-order valence-corrected chi connectivity index (χ3v) is 2.41. The molecule has 112 valence electrons. The largest absolute Gasteiger partial charge is 0.475 e. The Kier molecular flexibility index (Phi) is 5.70. The van der Waals surface area contributed by atoms with Gasteiger partial charge in [0, 0.05) is 0 Å². The summed E-state index contributed by atoms with van der Waals surface area (Å²) in [4.78, 5) is 3.33. The highest BCUT2D eigenvalue weighted by Crippen LogP contribution is 2.30. The molecule has 0 saturated heterocycles. The standard InChI is InChI=1S/C12H15F3N2O2S/c1-7(2)18-5-6-19-11-8(10(16)20)3-4-9(17-11)12(13,14)15/h3-4,7H,5-6H2,1-2H3,(H2,16,20). The van der Waals surface area contributed by atoms with E-state index >= 15 is 0 Å². The van der Waals surface area contributed by atoms with E-state index in [2.05, 4.69) is 4.98 Å². The smallest absolute Gasteiger partial charge is 0.433 e. The summed E-state index contributed by atoms with van der Waals surface area (Å²) in [6, 6.07) is 1.96. The first-order chi connectivity index (χ1) is 9.21. The number of pyridine rings is 1. The number of alkyl halides is 3. The zero-order valence-electron chi connectivity index (χ0n) is 11.0. The number of hydrogen-bond donors (Lipinski definition) is 1. The number of hydrogen-bond acceptors (Lipinski definition) is 4. The molecule has 1 aromatic heterocycles. The summed E-state index contributed by atoms with van der Waals surface area (Å²) in [6.07, 6.45) is -4.55. The lowest BCUT2D eigenvalue weighted by Gasteiger charge is -2.13. The molecule has 20 heavy (non-hydrogen) atoms. The molecule has 0 fully saturated rings. The number of thiocarbonyl (C=S) groups is 1. The summed E-state index contributed by atoms with van der Waals surface area (Å²) < 4.78 is 48.2. The molecule has 2 N–H and O–H groups in total. The van der Waals surface area contributed by atoms with E-state index in [1.807, 2.05) is 13.8 Å². The Morgan fingerprint density at radius 3 is 2.50 bits per heavy atom. The van der Waals surface area contributed by atoms with Gasteiger partial charge in [0.05, 0.1) is 18.3 Å². The summed E-state index contributed by atoms with van der Waals surface area (Å²) in [5, 5.41) is 0. The summed E-state index contributed by atoms with van der Waals surface area (Å²) in [5.74, 6) is -0.236. The van der Waals surface area contributed by atoms with E-state index in [1.165, 1.54) is 0 Å². The fraction of sp³-hybridized carbons (Fsp3) is 0.500. The van der Waals surface area contributed by atoms with Crippen molar-refractivity contribution >= 4 is 17.2 Å². The molecular weight excluding hydrogens is 293 g/mol. The van der Waals surface area contributed by atoms with E-state index in [1.54, 1.807) is 0 Å². The van der Waals surface area contributed by atoms with Gasteiger partial charge in [0.1, 0.15) is 17.3 Å². The molecule has 1 aromatic rings. The van der Waals surface area contributed by atoms with Gasteiger partial charge in [-0.05, 0) is 26.0 Å². The van der Waals surface area contributed by atoms with Crippen LogP contribution in [-0.4, -0.2) is 29.3 Å². The van der Waals surface area contributed by atoms with Crippen LogP contribution in [0.1, 0.15) is 25.1 Å². The van der Waals surface area contributed by atoms with Crippen molar-refractivity contribution in [2.75, 3.05) is 13.2 Å². The number of aromatic nitrogens is 1. The van der Waals surface area contributed by atoms with Crippen LogP contribution in [0.25, 0.3) is 0 Å². The molecule has 0 unspecified atom stereocenters. The van der Waals surface area contributed by atoms with Crippen LogP contribution in [0.4, 0.5) is 13.2 Å². The van der Waals surface area contributed by atoms with Crippen molar-refractivity contribution in [2.45, 2.75) is 26.1 Å². The van der Waals surface area contributed by atoms with Crippen LogP contribution in [0.2, 0.25) is 0 Å². The van der Waals surface area contributed by atoms with Gasteiger partial charge in [-0.2, -0.15) is 13.2 Å². The quantitative estimate of drug-likeness (QED) is 0.646. The molecule has 0 bridgehead atoms. The Labute approximate surface area is 120 Å². The fourth-order valence-corrected chi connectivity index (χ4v) is 1.47. The molecule has 0 spiro atoms. The molecule has 8 heteroatoms. The third kappa shape index (κ3) is 4.93. The van der Waals surface area contributed by atoms with Crippen molar-refractivity contribution in [3.05, 3.63) is 23.4 Å². The molecule has 0 aliphatic rings. The highest BCUT2D eigenvalue weighted by Gasteiger charge is 2.33. The molecule has 0 radical (unpaired) electrons. The molecule has 1 heterocycles. The zero-order chi connectivity index (χ0) is 15.3. The average molecular weight is 308 g/mol. The van der Waals surface area contributed by atoms with Crippen molar-refractivity contribution in [3.63, 3.8) is 0 Å². The molecule has 0 aromatic carbocycles. The van der Waals surface area contributed by atoms with Gasteiger partial charge in [-0.3, -0.25) is 0 Å². The second-order valence-corrected chi connectivity index (χ2v) is 4.62. The van der Waals surface area contributed by atoms with Gasteiger partial charge in [0.25, 0.3) is 0 Å². The van der Waals surface area contributed by atoms with Crippen molar-refractivity contribution < 1.29 is 22.6 Å². The minimum absolute atomic E-state index is 0.00289. The first kappa shape index (κ1) is 16.6. The van der Waals surface area contributed by atoms with Crippen LogP contribution in [0.5, 0.6) is 5.88 Å². The van der Waals surface area contributed by atoms with Crippen LogP contribution in [0.15, 0.2) is 12.1 Å². The Morgan fingerprint density at radius 2 is 2.00 bits per heavy atom. The molecule has 4 nitrogen and oxygen atoms in total. The SMILES string of the molecule is CC(C)OCCOc1nc(C(F)(F)F)ccc1C(N)=S. The second kappa shape index (κ2) is 6.85. The van der Waals surface area contributed by atoms with Crippen LogP contribution in [0.3, 0.4) is 0 Å². The molecule has 0 saturated carbocycles. The van der Waals surface area contributed by atoms with Gasteiger partial charge in [0.2, 0.25) is 5.88 Å². The Morgan fingerprint density at radius 1 is 1.35 bits per heavy atom. The maximum atomic E-state index is 12.6. The van der Waals surface area contributed by atoms with Crippen molar-refractivity contribution in [3.8, 4) is 5.88 Å². The van der Waals surface area contributed by atoms with Crippen molar-refractivity contribution in [1.29, 1.82) is 0 Å². The van der Waals surface area contributed by atoms with Crippen LogP contribution in [0, 0.1) is 0 Å². The molecule has 0 aliphatic heterocycles. The number of rotatable bonds is 6. The topological polar surface area (TPSA) is 57.4 Å². The lowest BCUT2D eigenvalue weighted by molar-refractivity contribution is -0.141. The summed E-state index contributed by atoms with van der Waals surface area (Å²) in [7, 11) is 0. The maximum Gasteiger partial charge on any atom is 0.433 e. The number of ether oxygens (including phenoxy) is 2. The molecule has 0 atom stereocenters. The predicted molar refractivity (Wildman–Crippen MR) is 71.7 cm³/mol. The highest BCUT2D eigenvalue weighted by molar-refractivity contribution is 7.80. The molecule has 1 rings (SSSR count). The minimum Gasteiger partial charge on any atom is -0.475 e. The number of nitrogens with zero attached hydrogens (tertiary/aromatic N) is 1. The second-order valence-electron chi connectivity index (χ2n) is 4.18. The monoisotopic (exact) mass is 308 g/mol. The summed E-state index contributed by atoms with van der Waals surface area (Å²) in [5.41, 5.74) is 4.53. The third-order valence-electron chi connectivity index (χ3n) is 2.19. The Balaban J connectivity index is 2.87. The van der Waals surface area contributed by atoms with Gasteiger partial charge < -0.3 is 15.2 Å². The maximum absolute atomic E-state index is 12.6. The van der Waals surface area contributed by atoms with Gasteiger partial charge in [-0.25, -0.2) is 4.98 Å². The highest BCUT2D eigenvalue weighted by atomic mass is 32.1. The van der Waals surface area contributed by atoms with Crippen LogP contribution in [-0.2, 0) is 10.9 Å². The van der Waals surface area contributed by atoms with E-state index in [-0.39, 0.29) is 35.7 Å². The number of halogens is 3. The number of nitrogens with two attached hydrogens (primary N) is 1. The Bertz CT molecular complexity index is 478. The zero-order valence-corrected chi connectivity index (χ0v) is 11.8. The van der Waals surface area contributed by atoms with E-state index in [4.69, 9.17) is 27.4 Å². The fourth-order valence-electron chi connectivity index (χ4n) is 1.32. The predicted octanol–water partition coefficient (Wildman–Crippen LogP) is 2.54. The van der Waals surface area contributed by atoms with Crippen LogP contribution >= 0.6 is 12.2 Å².